The second-order valence-corrected chi connectivity index (χ2v) is 4.52. The molecule has 2 atom stereocenters. The van der Waals surface area contributed by atoms with E-state index in [1.165, 1.54) is 19.2 Å². The lowest BCUT2D eigenvalue weighted by molar-refractivity contribution is 0.125. The van der Waals surface area contributed by atoms with Crippen LogP contribution in [0.3, 0.4) is 0 Å². The number of aromatic nitrogens is 2. The molecular formula is C11H20N4O. The number of hydrogen-bond donors (Lipinski definition) is 1. The molecule has 0 bridgehead atoms. The first kappa shape index (κ1) is 11.5. The molecule has 0 amide bonds. The summed E-state index contributed by atoms with van der Waals surface area (Å²) >= 11 is 0. The van der Waals surface area contributed by atoms with Crippen molar-refractivity contribution in [3.8, 4) is 0 Å². The predicted octanol–water partition coefficient (Wildman–Crippen LogP) is 1.03. The van der Waals surface area contributed by atoms with Crippen LogP contribution < -0.4 is 5.32 Å². The van der Waals surface area contributed by atoms with Crippen LogP contribution in [0.25, 0.3) is 0 Å². The number of hydrogen-bond acceptors (Lipinski definition) is 5. The molecule has 1 aromatic rings. The smallest absolute Gasteiger partial charge is 0.213 e. The molecule has 1 fully saturated rings. The Labute approximate surface area is 96.2 Å². The molecule has 1 saturated heterocycles. The zero-order chi connectivity index (χ0) is 11.4. The van der Waals surface area contributed by atoms with Crippen LogP contribution in [0.2, 0.25) is 0 Å². The molecule has 1 aliphatic heterocycles. The van der Waals surface area contributed by atoms with Gasteiger partial charge in [0.25, 0.3) is 0 Å². The van der Waals surface area contributed by atoms with Crippen LogP contribution in [0.1, 0.15) is 32.5 Å². The van der Waals surface area contributed by atoms with Crippen molar-refractivity contribution < 1.29 is 4.52 Å². The van der Waals surface area contributed by atoms with Crippen LogP contribution in [0.5, 0.6) is 0 Å². The van der Waals surface area contributed by atoms with Gasteiger partial charge in [-0.25, -0.2) is 0 Å². The highest BCUT2D eigenvalue weighted by Gasteiger charge is 2.25. The van der Waals surface area contributed by atoms with E-state index in [4.69, 9.17) is 4.52 Å². The molecule has 2 rings (SSSR count). The third kappa shape index (κ3) is 2.80. The number of nitrogens with zero attached hydrogens (tertiary/aromatic N) is 3. The van der Waals surface area contributed by atoms with Gasteiger partial charge in [0, 0.05) is 25.2 Å². The fourth-order valence-electron chi connectivity index (χ4n) is 2.20. The average Bonchev–Trinajstić information content (AvgIpc) is 2.76. The zero-order valence-corrected chi connectivity index (χ0v) is 10.0. The number of nitrogens with one attached hydrogen (secondary N) is 1. The molecule has 0 radical (unpaired) electrons. The highest BCUT2D eigenvalue weighted by atomic mass is 16.5. The van der Waals surface area contributed by atoms with Gasteiger partial charge in [-0.05, 0) is 13.3 Å². The Hall–Kier alpha value is -0.940. The van der Waals surface area contributed by atoms with E-state index in [0.717, 1.165) is 25.5 Å². The molecule has 2 heterocycles. The maximum atomic E-state index is 4.76. The van der Waals surface area contributed by atoms with Crippen molar-refractivity contribution >= 4 is 0 Å². The van der Waals surface area contributed by atoms with E-state index >= 15 is 0 Å². The molecule has 1 aliphatic rings. The van der Waals surface area contributed by atoms with Crippen LogP contribution >= 0.6 is 0 Å². The highest BCUT2D eigenvalue weighted by molar-refractivity contribution is 4.87. The quantitative estimate of drug-likeness (QED) is 0.828. The largest absolute Gasteiger partial charge is 0.343 e. The second-order valence-electron chi connectivity index (χ2n) is 4.52. The molecule has 16 heavy (non-hydrogen) atoms. The summed E-state index contributed by atoms with van der Waals surface area (Å²) in [7, 11) is 0. The molecule has 2 unspecified atom stereocenters. The molecule has 0 aromatic carbocycles. The molecule has 1 aromatic heterocycles. The van der Waals surface area contributed by atoms with Crippen molar-refractivity contribution in [2.24, 2.45) is 0 Å². The Morgan fingerprint density at radius 3 is 3.19 bits per heavy atom. The SMILES string of the molecule is CCCC1CN(Cc2ncon2)C(C)CN1. The van der Waals surface area contributed by atoms with Crippen LogP contribution in [0.4, 0.5) is 0 Å². The van der Waals surface area contributed by atoms with Gasteiger partial charge in [0.2, 0.25) is 6.39 Å². The third-order valence-electron chi connectivity index (χ3n) is 3.17. The van der Waals surface area contributed by atoms with Crippen molar-refractivity contribution in [2.45, 2.75) is 45.3 Å². The number of rotatable bonds is 4. The standard InChI is InChI=1S/C11H20N4O/c1-3-4-10-6-15(9(2)5-12-10)7-11-13-8-16-14-11/h8-10,12H,3-7H2,1-2H3. The summed E-state index contributed by atoms with van der Waals surface area (Å²) in [5, 5.41) is 7.44. The Kier molecular flexibility index (Phi) is 3.90. The fraction of sp³-hybridized carbons (Fsp3) is 0.818. The summed E-state index contributed by atoms with van der Waals surface area (Å²) in [5.74, 6) is 0.781. The van der Waals surface area contributed by atoms with Gasteiger partial charge in [0.05, 0.1) is 6.54 Å². The minimum Gasteiger partial charge on any atom is -0.343 e. The molecule has 0 spiro atoms. The van der Waals surface area contributed by atoms with Gasteiger partial charge in [0.15, 0.2) is 5.82 Å². The Balaban J connectivity index is 1.91. The molecule has 0 aliphatic carbocycles. The first-order chi connectivity index (χ1) is 7.79. The van der Waals surface area contributed by atoms with Crippen molar-refractivity contribution in [3.63, 3.8) is 0 Å². The van der Waals surface area contributed by atoms with Crippen LogP contribution in [0, 0.1) is 0 Å². The zero-order valence-electron chi connectivity index (χ0n) is 10.0. The Morgan fingerprint density at radius 2 is 2.50 bits per heavy atom. The van der Waals surface area contributed by atoms with Crippen molar-refractivity contribution in [1.82, 2.24) is 20.4 Å². The fourth-order valence-corrected chi connectivity index (χ4v) is 2.20. The molecular weight excluding hydrogens is 204 g/mol. The van der Waals surface area contributed by atoms with E-state index < -0.39 is 0 Å². The Morgan fingerprint density at radius 1 is 1.62 bits per heavy atom. The summed E-state index contributed by atoms with van der Waals surface area (Å²) in [6.45, 7) is 7.37. The lowest BCUT2D eigenvalue weighted by atomic mass is 10.1. The van der Waals surface area contributed by atoms with Crippen LogP contribution in [-0.4, -0.2) is 40.2 Å². The van der Waals surface area contributed by atoms with Gasteiger partial charge in [-0.15, -0.1) is 0 Å². The lowest BCUT2D eigenvalue weighted by Gasteiger charge is -2.38. The summed E-state index contributed by atoms with van der Waals surface area (Å²) < 4.78 is 4.76. The summed E-state index contributed by atoms with van der Waals surface area (Å²) in [5.41, 5.74) is 0. The van der Waals surface area contributed by atoms with E-state index in [1.54, 1.807) is 0 Å². The van der Waals surface area contributed by atoms with E-state index in [2.05, 4.69) is 34.2 Å². The first-order valence-corrected chi connectivity index (χ1v) is 6.02. The molecule has 0 saturated carbocycles. The summed E-state index contributed by atoms with van der Waals surface area (Å²) in [6.07, 6.45) is 3.85. The third-order valence-corrected chi connectivity index (χ3v) is 3.17. The van der Waals surface area contributed by atoms with Gasteiger partial charge < -0.3 is 9.84 Å². The lowest BCUT2D eigenvalue weighted by Crippen LogP contribution is -2.54. The van der Waals surface area contributed by atoms with E-state index in [-0.39, 0.29) is 0 Å². The van der Waals surface area contributed by atoms with Crippen LogP contribution in [-0.2, 0) is 6.54 Å². The molecule has 1 N–H and O–H groups in total. The minimum absolute atomic E-state index is 0.534. The second kappa shape index (κ2) is 5.41. The van der Waals surface area contributed by atoms with Crippen molar-refractivity contribution in [2.75, 3.05) is 13.1 Å². The van der Waals surface area contributed by atoms with Gasteiger partial charge >= 0.3 is 0 Å². The molecule has 90 valence electrons. The average molecular weight is 224 g/mol. The predicted molar refractivity (Wildman–Crippen MR) is 60.9 cm³/mol. The van der Waals surface area contributed by atoms with Gasteiger partial charge in [-0.2, -0.15) is 4.98 Å². The van der Waals surface area contributed by atoms with E-state index in [9.17, 15) is 0 Å². The van der Waals surface area contributed by atoms with Crippen molar-refractivity contribution in [3.05, 3.63) is 12.2 Å². The van der Waals surface area contributed by atoms with E-state index in [1.807, 2.05) is 0 Å². The van der Waals surface area contributed by atoms with Gasteiger partial charge in [0.1, 0.15) is 0 Å². The minimum atomic E-state index is 0.534. The maximum absolute atomic E-state index is 4.76. The normalized spacial score (nSPS) is 27.1. The Bertz CT molecular complexity index is 301. The van der Waals surface area contributed by atoms with E-state index in [0.29, 0.717) is 12.1 Å². The monoisotopic (exact) mass is 224 g/mol. The molecule has 5 heteroatoms. The summed E-state index contributed by atoms with van der Waals surface area (Å²) in [6, 6.07) is 1.14. The topological polar surface area (TPSA) is 54.2 Å². The maximum Gasteiger partial charge on any atom is 0.213 e. The van der Waals surface area contributed by atoms with Gasteiger partial charge in [-0.3, -0.25) is 4.90 Å². The highest BCUT2D eigenvalue weighted by Crippen LogP contribution is 2.12. The van der Waals surface area contributed by atoms with Crippen LogP contribution in [0.15, 0.2) is 10.9 Å². The van der Waals surface area contributed by atoms with Gasteiger partial charge in [-0.1, -0.05) is 18.5 Å². The number of piperazine rings is 1. The van der Waals surface area contributed by atoms with Crippen molar-refractivity contribution in [1.29, 1.82) is 0 Å². The summed E-state index contributed by atoms with van der Waals surface area (Å²) in [4.78, 5) is 6.49. The molecule has 5 nitrogen and oxygen atoms in total. The first-order valence-electron chi connectivity index (χ1n) is 6.02.